The molecule has 2 unspecified atom stereocenters. The molecule has 2 amide bonds. The Hall–Kier alpha value is -2.05. The normalized spacial score (nSPS) is 25.8. The molecule has 1 aliphatic heterocycles. The van der Waals surface area contributed by atoms with Crippen LogP contribution in [0.15, 0.2) is 24.3 Å². The summed E-state index contributed by atoms with van der Waals surface area (Å²) in [6, 6.07) is 4.19. The van der Waals surface area contributed by atoms with Gasteiger partial charge in [0.2, 0.25) is 11.8 Å². The van der Waals surface area contributed by atoms with Crippen LogP contribution in [-0.2, 0) is 9.59 Å². The summed E-state index contributed by atoms with van der Waals surface area (Å²) >= 11 is 0. The minimum atomic E-state index is -2.89. The summed E-state index contributed by atoms with van der Waals surface area (Å²) in [5.74, 6) is -4.47. The zero-order chi connectivity index (χ0) is 16.8. The van der Waals surface area contributed by atoms with Gasteiger partial charge < -0.3 is 5.73 Å². The Morgan fingerprint density at radius 1 is 1.22 bits per heavy atom. The Kier molecular flexibility index (Phi) is 3.61. The molecule has 0 bridgehead atoms. The number of nitrogens with zero attached hydrogens (tertiary/aromatic N) is 1. The van der Waals surface area contributed by atoms with Crippen LogP contribution in [0.3, 0.4) is 0 Å². The van der Waals surface area contributed by atoms with E-state index in [0.717, 1.165) is 6.42 Å². The lowest BCUT2D eigenvalue weighted by Crippen LogP contribution is -2.44. The van der Waals surface area contributed by atoms with E-state index < -0.39 is 41.4 Å². The smallest absolute Gasteiger partial charge is 0.251 e. The molecule has 1 heterocycles. The summed E-state index contributed by atoms with van der Waals surface area (Å²) in [5.41, 5.74) is 4.71. The van der Waals surface area contributed by atoms with E-state index in [-0.39, 0.29) is 19.3 Å². The van der Waals surface area contributed by atoms with E-state index in [4.69, 9.17) is 5.73 Å². The molecule has 1 radical (unpaired) electrons. The average Bonchev–Trinajstić information content (AvgIpc) is 2.78. The van der Waals surface area contributed by atoms with E-state index in [1.54, 1.807) is 0 Å². The lowest BCUT2D eigenvalue weighted by atomic mass is 9.71. The van der Waals surface area contributed by atoms with Gasteiger partial charge in [0.05, 0.1) is 5.41 Å². The Morgan fingerprint density at radius 2 is 1.87 bits per heavy atom. The predicted molar refractivity (Wildman–Crippen MR) is 77.0 cm³/mol. The fourth-order valence-corrected chi connectivity index (χ4v) is 3.41. The molecule has 2 fully saturated rings. The molecule has 2 N–H and O–H groups in total. The van der Waals surface area contributed by atoms with E-state index in [9.17, 15) is 22.8 Å². The summed E-state index contributed by atoms with van der Waals surface area (Å²) in [4.78, 5) is 25.8. The second-order valence-electron chi connectivity index (χ2n) is 6.22. The summed E-state index contributed by atoms with van der Waals surface area (Å²) in [6.07, 6.45) is 0.421. The van der Waals surface area contributed by atoms with Gasteiger partial charge in [-0.15, -0.1) is 0 Å². The van der Waals surface area contributed by atoms with Crippen LogP contribution in [-0.4, -0.2) is 23.8 Å². The number of primary amides is 1. The summed E-state index contributed by atoms with van der Waals surface area (Å²) < 4.78 is 39.8. The molecule has 1 saturated carbocycles. The molecule has 1 spiro atoms. The molecular formula is C16H16F3N2O2. The standard InChI is InChI=1S/C16H16F3N2O2/c17-10-1-3-11(4-2-10)21-12(13(20)22)9-15(14(21)23)5-7-16(18,19)8-6-15/h1-4,7,12H,5-6,8-9H2,(H2,20,22). The van der Waals surface area contributed by atoms with Crippen LogP contribution in [0, 0.1) is 17.7 Å². The first kappa shape index (κ1) is 15.8. The number of benzene rings is 1. The van der Waals surface area contributed by atoms with Crippen LogP contribution in [0.4, 0.5) is 18.9 Å². The van der Waals surface area contributed by atoms with Crippen molar-refractivity contribution in [3.05, 3.63) is 36.5 Å². The number of hydrogen-bond donors (Lipinski definition) is 1. The third-order valence-electron chi connectivity index (χ3n) is 4.73. The van der Waals surface area contributed by atoms with Crippen molar-refractivity contribution in [2.45, 2.75) is 37.6 Å². The highest BCUT2D eigenvalue weighted by Crippen LogP contribution is 2.51. The predicted octanol–water partition coefficient (Wildman–Crippen LogP) is 2.43. The largest absolute Gasteiger partial charge is 0.368 e. The summed E-state index contributed by atoms with van der Waals surface area (Å²) in [7, 11) is 0. The minimum Gasteiger partial charge on any atom is -0.368 e. The third-order valence-corrected chi connectivity index (χ3v) is 4.73. The van der Waals surface area contributed by atoms with Gasteiger partial charge in [-0.2, -0.15) is 0 Å². The van der Waals surface area contributed by atoms with Gasteiger partial charge in [-0.1, -0.05) is 0 Å². The number of nitrogens with two attached hydrogens (primary N) is 1. The molecule has 1 saturated heterocycles. The zero-order valence-corrected chi connectivity index (χ0v) is 12.3. The van der Waals surface area contributed by atoms with Crippen molar-refractivity contribution in [3.8, 4) is 0 Å². The monoisotopic (exact) mass is 325 g/mol. The van der Waals surface area contributed by atoms with Crippen molar-refractivity contribution in [2.75, 3.05) is 4.90 Å². The van der Waals surface area contributed by atoms with E-state index >= 15 is 0 Å². The Bertz CT molecular complexity index is 635. The van der Waals surface area contributed by atoms with Crippen molar-refractivity contribution in [2.24, 2.45) is 11.1 Å². The molecule has 2 aliphatic rings. The second-order valence-corrected chi connectivity index (χ2v) is 6.22. The fraction of sp³-hybridized carbons (Fsp3) is 0.438. The number of alkyl halides is 2. The lowest BCUT2D eigenvalue weighted by molar-refractivity contribution is -0.129. The van der Waals surface area contributed by atoms with Gasteiger partial charge in [-0.3, -0.25) is 14.5 Å². The highest BCUT2D eigenvalue weighted by atomic mass is 19.3. The molecule has 1 aromatic rings. The van der Waals surface area contributed by atoms with Gasteiger partial charge in [-0.25, -0.2) is 13.2 Å². The minimum absolute atomic E-state index is 0.00317. The van der Waals surface area contributed by atoms with E-state index in [0.29, 0.717) is 5.69 Å². The number of halogens is 3. The first-order valence-corrected chi connectivity index (χ1v) is 7.35. The van der Waals surface area contributed by atoms with Crippen LogP contribution in [0.25, 0.3) is 0 Å². The van der Waals surface area contributed by atoms with Gasteiger partial charge in [0.1, 0.15) is 11.9 Å². The molecular weight excluding hydrogens is 309 g/mol. The van der Waals surface area contributed by atoms with E-state index in [2.05, 4.69) is 0 Å². The zero-order valence-electron chi connectivity index (χ0n) is 12.3. The molecule has 2 atom stereocenters. The van der Waals surface area contributed by atoms with Gasteiger partial charge in [0.25, 0.3) is 5.92 Å². The van der Waals surface area contributed by atoms with Crippen LogP contribution in [0.5, 0.6) is 0 Å². The highest BCUT2D eigenvalue weighted by molar-refractivity contribution is 6.06. The number of anilines is 1. The van der Waals surface area contributed by atoms with Gasteiger partial charge in [-0.05, 0) is 43.5 Å². The van der Waals surface area contributed by atoms with Crippen molar-refractivity contribution in [1.82, 2.24) is 0 Å². The van der Waals surface area contributed by atoms with Gasteiger partial charge >= 0.3 is 0 Å². The average molecular weight is 325 g/mol. The topological polar surface area (TPSA) is 63.4 Å². The van der Waals surface area contributed by atoms with Crippen molar-refractivity contribution >= 4 is 17.5 Å². The van der Waals surface area contributed by atoms with E-state index in [1.807, 2.05) is 0 Å². The second kappa shape index (κ2) is 5.25. The molecule has 1 aromatic carbocycles. The van der Waals surface area contributed by atoms with Crippen molar-refractivity contribution in [3.63, 3.8) is 0 Å². The first-order chi connectivity index (χ1) is 10.7. The van der Waals surface area contributed by atoms with E-state index in [1.165, 1.54) is 29.2 Å². The molecule has 3 rings (SSSR count). The lowest BCUT2D eigenvalue weighted by Gasteiger charge is -2.35. The molecule has 23 heavy (non-hydrogen) atoms. The quantitative estimate of drug-likeness (QED) is 0.908. The summed E-state index contributed by atoms with van der Waals surface area (Å²) in [5, 5.41) is 0. The number of carbonyl (C=O) groups excluding carboxylic acids is 2. The van der Waals surface area contributed by atoms with Crippen LogP contribution >= 0.6 is 0 Å². The molecule has 1 aliphatic carbocycles. The number of amides is 2. The third kappa shape index (κ3) is 2.68. The van der Waals surface area contributed by atoms with Crippen LogP contribution < -0.4 is 10.6 Å². The fourth-order valence-electron chi connectivity index (χ4n) is 3.41. The SMILES string of the molecule is NC(=O)C1CC2(C[CH]C(F)(F)CC2)C(=O)N1c1ccc(F)cc1. The number of rotatable bonds is 2. The molecule has 0 aromatic heterocycles. The van der Waals surface area contributed by atoms with Crippen molar-refractivity contribution in [1.29, 1.82) is 0 Å². The number of hydrogen-bond acceptors (Lipinski definition) is 2. The maximum atomic E-state index is 13.4. The Labute approximate surface area is 131 Å². The molecule has 4 nitrogen and oxygen atoms in total. The Balaban J connectivity index is 1.94. The van der Waals surface area contributed by atoms with Gasteiger partial charge in [0.15, 0.2) is 0 Å². The number of carbonyl (C=O) groups is 2. The summed E-state index contributed by atoms with van der Waals surface area (Å²) in [6.45, 7) is 0. The maximum absolute atomic E-state index is 13.4. The van der Waals surface area contributed by atoms with Crippen molar-refractivity contribution < 1.29 is 22.8 Å². The highest BCUT2D eigenvalue weighted by Gasteiger charge is 2.57. The molecule has 123 valence electrons. The van der Waals surface area contributed by atoms with Crippen LogP contribution in [0.2, 0.25) is 0 Å². The maximum Gasteiger partial charge on any atom is 0.251 e. The van der Waals surface area contributed by atoms with Gasteiger partial charge in [0, 0.05) is 18.5 Å². The van der Waals surface area contributed by atoms with Crippen LogP contribution in [0.1, 0.15) is 25.7 Å². The first-order valence-electron chi connectivity index (χ1n) is 7.35. The molecule has 7 heteroatoms. The Morgan fingerprint density at radius 3 is 2.39 bits per heavy atom.